The molecule has 0 aliphatic rings. The van der Waals surface area contributed by atoms with E-state index in [1.807, 2.05) is 0 Å². The fourth-order valence-corrected chi connectivity index (χ4v) is 1.55. The molecule has 0 bridgehead atoms. The molecule has 98 valence electrons. The Bertz CT molecular complexity index is 544. The van der Waals surface area contributed by atoms with Gasteiger partial charge in [-0.1, -0.05) is 30.3 Å². The summed E-state index contributed by atoms with van der Waals surface area (Å²) in [7, 11) is 1.24. The standard InChI is InChI=1S/C14H12O5/c1-17-14(16)12(10-6-3-2-4-7-10)19-13(15)11-8-5-9-18-11/h2-9,12H,1H3. The molecule has 0 radical (unpaired) electrons. The summed E-state index contributed by atoms with van der Waals surface area (Å²) < 4.78 is 14.7. The molecule has 2 rings (SSSR count). The maximum Gasteiger partial charge on any atom is 0.375 e. The number of benzene rings is 1. The van der Waals surface area contributed by atoms with Crippen molar-refractivity contribution in [3.8, 4) is 0 Å². The van der Waals surface area contributed by atoms with Crippen LogP contribution in [0.1, 0.15) is 22.2 Å². The molecule has 0 aliphatic carbocycles. The van der Waals surface area contributed by atoms with Gasteiger partial charge in [0.05, 0.1) is 13.4 Å². The first-order valence-corrected chi connectivity index (χ1v) is 5.59. The second-order valence-electron chi connectivity index (χ2n) is 3.70. The summed E-state index contributed by atoms with van der Waals surface area (Å²) in [6.45, 7) is 0. The zero-order valence-electron chi connectivity index (χ0n) is 10.2. The van der Waals surface area contributed by atoms with E-state index >= 15 is 0 Å². The van der Waals surface area contributed by atoms with E-state index in [-0.39, 0.29) is 5.76 Å². The van der Waals surface area contributed by atoms with E-state index in [9.17, 15) is 9.59 Å². The van der Waals surface area contributed by atoms with Crippen LogP contribution >= 0.6 is 0 Å². The number of hydrogen-bond acceptors (Lipinski definition) is 5. The van der Waals surface area contributed by atoms with Crippen molar-refractivity contribution in [1.82, 2.24) is 0 Å². The van der Waals surface area contributed by atoms with Gasteiger partial charge in [0.15, 0.2) is 0 Å². The van der Waals surface area contributed by atoms with Gasteiger partial charge in [-0.05, 0) is 12.1 Å². The number of hydrogen-bond donors (Lipinski definition) is 0. The number of carbonyl (C=O) groups excluding carboxylic acids is 2. The van der Waals surface area contributed by atoms with Crippen LogP contribution in [0.15, 0.2) is 53.1 Å². The largest absolute Gasteiger partial charge is 0.466 e. The van der Waals surface area contributed by atoms with E-state index in [1.54, 1.807) is 36.4 Å². The number of rotatable bonds is 4. The van der Waals surface area contributed by atoms with Gasteiger partial charge in [0.2, 0.25) is 11.9 Å². The molecule has 0 N–H and O–H groups in total. The van der Waals surface area contributed by atoms with E-state index in [1.165, 1.54) is 19.4 Å². The van der Waals surface area contributed by atoms with Crippen LogP contribution in [-0.2, 0) is 14.3 Å². The molecule has 5 heteroatoms. The highest BCUT2D eigenvalue weighted by Crippen LogP contribution is 2.20. The van der Waals surface area contributed by atoms with Crippen LogP contribution in [0.3, 0.4) is 0 Å². The molecule has 2 aromatic rings. The predicted octanol–water partition coefficient (Wildman–Crippen LogP) is 2.35. The van der Waals surface area contributed by atoms with Crippen molar-refractivity contribution in [3.63, 3.8) is 0 Å². The lowest BCUT2D eigenvalue weighted by atomic mass is 10.1. The van der Waals surface area contributed by atoms with Crippen LogP contribution in [0.5, 0.6) is 0 Å². The zero-order valence-corrected chi connectivity index (χ0v) is 10.2. The molecule has 19 heavy (non-hydrogen) atoms. The van der Waals surface area contributed by atoms with Crippen molar-refractivity contribution in [2.45, 2.75) is 6.10 Å². The van der Waals surface area contributed by atoms with Crippen molar-refractivity contribution < 1.29 is 23.5 Å². The Balaban J connectivity index is 2.20. The second-order valence-corrected chi connectivity index (χ2v) is 3.70. The van der Waals surface area contributed by atoms with Crippen LogP contribution in [0.4, 0.5) is 0 Å². The third kappa shape index (κ3) is 3.01. The maximum atomic E-state index is 11.8. The molecule has 0 fully saturated rings. The average molecular weight is 260 g/mol. The summed E-state index contributed by atoms with van der Waals surface area (Å²) in [5.74, 6) is -1.33. The second kappa shape index (κ2) is 5.86. The lowest BCUT2D eigenvalue weighted by molar-refractivity contribution is -0.151. The smallest absolute Gasteiger partial charge is 0.375 e. The fourth-order valence-electron chi connectivity index (χ4n) is 1.55. The van der Waals surface area contributed by atoms with Crippen molar-refractivity contribution in [2.75, 3.05) is 7.11 Å². The summed E-state index contributed by atoms with van der Waals surface area (Å²) in [6, 6.07) is 11.7. The quantitative estimate of drug-likeness (QED) is 0.789. The molecule has 1 aromatic heterocycles. The molecular formula is C14H12O5. The summed E-state index contributed by atoms with van der Waals surface area (Å²) in [5.41, 5.74) is 0.536. The molecule has 1 atom stereocenters. The van der Waals surface area contributed by atoms with Gasteiger partial charge in [0, 0.05) is 5.56 Å². The lowest BCUT2D eigenvalue weighted by Gasteiger charge is -2.15. The Morgan fingerprint density at radius 1 is 1.11 bits per heavy atom. The van der Waals surface area contributed by atoms with Crippen LogP contribution in [-0.4, -0.2) is 19.0 Å². The van der Waals surface area contributed by atoms with E-state index in [2.05, 4.69) is 4.74 Å². The number of ether oxygens (including phenoxy) is 2. The Morgan fingerprint density at radius 3 is 2.42 bits per heavy atom. The minimum absolute atomic E-state index is 0.0323. The predicted molar refractivity (Wildman–Crippen MR) is 65.3 cm³/mol. The molecule has 0 amide bonds. The molecule has 0 aliphatic heterocycles. The first-order chi connectivity index (χ1) is 9.22. The minimum Gasteiger partial charge on any atom is -0.466 e. The highest BCUT2D eigenvalue weighted by atomic mass is 16.6. The van der Waals surface area contributed by atoms with Gasteiger partial charge in [-0.2, -0.15) is 0 Å². The lowest BCUT2D eigenvalue weighted by Crippen LogP contribution is -2.21. The van der Waals surface area contributed by atoms with Gasteiger partial charge in [0.25, 0.3) is 0 Å². The van der Waals surface area contributed by atoms with Crippen molar-refractivity contribution >= 4 is 11.9 Å². The molecule has 0 spiro atoms. The Morgan fingerprint density at radius 2 is 1.84 bits per heavy atom. The van der Waals surface area contributed by atoms with Gasteiger partial charge < -0.3 is 13.9 Å². The normalized spacial score (nSPS) is 11.6. The van der Waals surface area contributed by atoms with Crippen LogP contribution in [0, 0.1) is 0 Å². The number of methoxy groups -OCH3 is 1. The van der Waals surface area contributed by atoms with Gasteiger partial charge in [-0.15, -0.1) is 0 Å². The number of carbonyl (C=O) groups is 2. The van der Waals surface area contributed by atoms with E-state index in [4.69, 9.17) is 9.15 Å². The summed E-state index contributed by atoms with van der Waals surface area (Å²) in [6.07, 6.45) is 0.246. The maximum absolute atomic E-state index is 11.8. The average Bonchev–Trinajstić information content (AvgIpc) is 2.99. The molecule has 0 saturated heterocycles. The van der Waals surface area contributed by atoms with Crippen molar-refractivity contribution in [1.29, 1.82) is 0 Å². The first-order valence-electron chi connectivity index (χ1n) is 5.59. The Labute approximate surface area is 109 Å². The summed E-state index contributed by atoms with van der Waals surface area (Å²) >= 11 is 0. The van der Waals surface area contributed by atoms with Gasteiger partial charge in [-0.25, -0.2) is 9.59 Å². The van der Waals surface area contributed by atoms with Crippen LogP contribution < -0.4 is 0 Å². The van der Waals surface area contributed by atoms with E-state index in [0.29, 0.717) is 5.56 Å². The van der Waals surface area contributed by atoms with Gasteiger partial charge >= 0.3 is 11.9 Å². The van der Waals surface area contributed by atoms with Crippen LogP contribution in [0.25, 0.3) is 0 Å². The molecular weight excluding hydrogens is 248 g/mol. The molecule has 1 heterocycles. The molecule has 0 saturated carbocycles. The Hall–Kier alpha value is -2.56. The summed E-state index contributed by atoms with van der Waals surface area (Å²) in [4.78, 5) is 23.5. The fraction of sp³-hybridized carbons (Fsp3) is 0.143. The number of esters is 2. The molecule has 1 unspecified atom stereocenters. The number of furan rings is 1. The molecule has 5 nitrogen and oxygen atoms in total. The van der Waals surface area contributed by atoms with E-state index in [0.717, 1.165) is 0 Å². The van der Waals surface area contributed by atoms with Crippen molar-refractivity contribution in [2.24, 2.45) is 0 Å². The SMILES string of the molecule is COC(=O)C(OC(=O)c1ccco1)c1ccccc1. The third-order valence-electron chi connectivity index (χ3n) is 2.46. The van der Waals surface area contributed by atoms with E-state index < -0.39 is 18.0 Å². The van der Waals surface area contributed by atoms with Crippen molar-refractivity contribution in [3.05, 3.63) is 60.1 Å². The zero-order chi connectivity index (χ0) is 13.7. The van der Waals surface area contributed by atoms with Gasteiger partial charge in [-0.3, -0.25) is 0 Å². The monoisotopic (exact) mass is 260 g/mol. The Kier molecular flexibility index (Phi) is 3.97. The third-order valence-corrected chi connectivity index (χ3v) is 2.46. The minimum atomic E-state index is -1.11. The molecule has 1 aromatic carbocycles. The first kappa shape index (κ1) is 12.9. The topological polar surface area (TPSA) is 65.7 Å². The van der Waals surface area contributed by atoms with Gasteiger partial charge in [0.1, 0.15) is 0 Å². The summed E-state index contributed by atoms with van der Waals surface area (Å²) in [5, 5.41) is 0. The highest BCUT2D eigenvalue weighted by molar-refractivity contribution is 5.89. The van der Waals surface area contributed by atoms with Crippen LogP contribution in [0.2, 0.25) is 0 Å². The highest BCUT2D eigenvalue weighted by Gasteiger charge is 2.27.